The number of aryl methyl sites for hydroxylation is 1. The van der Waals surface area contributed by atoms with Crippen LogP contribution in [0.1, 0.15) is 12.1 Å². The van der Waals surface area contributed by atoms with Gasteiger partial charge in [-0.15, -0.1) is 0 Å². The Morgan fingerprint density at radius 2 is 1.90 bits per heavy atom. The van der Waals surface area contributed by atoms with Crippen molar-refractivity contribution in [3.63, 3.8) is 0 Å². The number of anilines is 1. The normalized spacial score (nSPS) is 17.0. The number of likely N-dealkylation sites (N-methyl/N-ethyl adjacent to an activating group) is 1. The third-order valence-corrected chi connectivity index (χ3v) is 6.30. The fourth-order valence-corrected chi connectivity index (χ4v) is 4.54. The van der Waals surface area contributed by atoms with Gasteiger partial charge in [-0.25, -0.2) is 4.98 Å². The molecule has 8 nitrogen and oxygen atoms in total. The third kappa shape index (κ3) is 2.87. The SMILES string of the molecule is CN1CCN(c2cc(-c3n[nH]c4cnc(-c5cnn6c5CCC6)cc34)ccn2)CC1. The van der Waals surface area contributed by atoms with Crippen molar-refractivity contribution in [2.45, 2.75) is 19.4 Å². The topological polar surface area (TPSA) is 78.8 Å². The predicted molar refractivity (Wildman–Crippen MR) is 116 cm³/mol. The van der Waals surface area contributed by atoms with Gasteiger partial charge in [-0.2, -0.15) is 10.2 Å². The number of rotatable bonds is 3. The molecule has 0 atom stereocenters. The number of aromatic nitrogens is 6. The maximum Gasteiger partial charge on any atom is 0.129 e. The first-order chi connectivity index (χ1) is 14.8. The Kier molecular flexibility index (Phi) is 4.05. The lowest BCUT2D eigenvalue weighted by atomic mass is 10.1. The molecule has 1 fully saturated rings. The van der Waals surface area contributed by atoms with Gasteiger partial charge >= 0.3 is 0 Å². The summed E-state index contributed by atoms with van der Waals surface area (Å²) in [7, 11) is 2.17. The zero-order chi connectivity index (χ0) is 20.1. The van der Waals surface area contributed by atoms with Gasteiger partial charge in [-0.3, -0.25) is 14.8 Å². The number of fused-ring (bicyclic) bond motifs is 2. The average Bonchev–Trinajstić information content (AvgIpc) is 3.49. The molecule has 2 aliphatic rings. The Morgan fingerprint density at radius 3 is 2.80 bits per heavy atom. The van der Waals surface area contributed by atoms with Gasteiger partial charge in [0, 0.05) is 61.1 Å². The van der Waals surface area contributed by atoms with E-state index in [9.17, 15) is 0 Å². The van der Waals surface area contributed by atoms with Gasteiger partial charge in [0.05, 0.1) is 23.6 Å². The van der Waals surface area contributed by atoms with Crippen molar-refractivity contribution < 1.29 is 0 Å². The lowest BCUT2D eigenvalue weighted by Gasteiger charge is -2.33. The highest BCUT2D eigenvalue weighted by Gasteiger charge is 2.20. The second-order valence-electron chi connectivity index (χ2n) is 8.21. The van der Waals surface area contributed by atoms with Crippen LogP contribution >= 0.6 is 0 Å². The maximum absolute atomic E-state index is 4.68. The molecule has 6 heterocycles. The largest absolute Gasteiger partial charge is 0.354 e. The van der Waals surface area contributed by atoms with E-state index in [1.165, 1.54) is 5.69 Å². The Morgan fingerprint density at radius 1 is 1.00 bits per heavy atom. The Labute approximate surface area is 174 Å². The van der Waals surface area contributed by atoms with Crippen molar-refractivity contribution in [3.8, 4) is 22.5 Å². The van der Waals surface area contributed by atoms with Crippen molar-refractivity contribution in [1.29, 1.82) is 0 Å². The summed E-state index contributed by atoms with van der Waals surface area (Å²) in [5, 5.41) is 13.4. The van der Waals surface area contributed by atoms with Crippen LogP contribution in [0.3, 0.4) is 0 Å². The van der Waals surface area contributed by atoms with Crippen LogP contribution in [0.5, 0.6) is 0 Å². The highest BCUT2D eigenvalue weighted by Crippen LogP contribution is 2.32. The highest BCUT2D eigenvalue weighted by atomic mass is 15.3. The summed E-state index contributed by atoms with van der Waals surface area (Å²) in [6.45, 7) is 5.11. The minimum Gasteiger partial charge on any atom is -0.354 e. The molecule has 0 bridgehead atoms. The fourth-order valence-electron chi connectivity index (χ4n) is 4.54. The molecule has 4 aromatic heterocycles. The number of hydrogen-bond donors (Lipinski definition) is 1. The molecule has 30 heavy (non-hydrogen) atoms. The van der Waals surface area contributed by atoms with E-state index in [-0.39, 0.29) is 0 Å². The van der Waals surface area contributed by atoms with Crippen LogP contribution in [0, 0.1) is 0 Å². The molecule has 0 spiro atoms. The predicted octanol–water partition coefficient (Wildman–Crippen LogP) is 2.58. The summed E-state index contributed by atoms with van der Waals surface area (Å²) in [6.07, 6.45) is 7.92. The molecule has 0 unspecified atom stereocenters. The van der Waals surface area contributed by atoms with Crippen LogP contribution in [0.2, 0.25) is 0 Å². The van der Waals surface area contributed by atoms with Crippen LogP contribution < -0.4 is 4.90 Å². The summed E-state index contributed by atoms with van der Waals surface area (Å²) in [4.78, 5) is 14.0. The summed E-state index contributed by atoms with van der Waals surface area (Å²) in [5.41, 5.74) is 6.33. The third-order valence-electron chi connectivity index (χ3n) is 6.30. The average molecular weight is 400 g/mol. The van der Waals surface area contributed by atoms with Crippen molar-refractivity contribution in [2.75, 3.05) is 38.1 Å². The van der Waals surface area contributed by atoms with E-state index in [1.807, 2.05) is 24.7 Å². The van der Waals surface area contributed by atoms with Crippen molar-refractivity contribution >= 4 is 16.7 Å². The molecule has 6 rings (SSSR count). The molecule has 0 amide bonds. The quantitative estimate of drug-likeness (QED) is 0.570. The van der Waals surface area contributed by atoms with Gasteiger partial charge in [0.15, 0.2) is 0 Å². The molecule has 0 saturated carbocycles. The summed E-state index contributed by atoms with van der Waals surface area (Å²) >= 11 is 0. The monoisotopic (exact) mass is 400 g/mol. The van der Waals surface area contributed by atoms with Crippen LogP contribution in [0.25, 0.3) is 33.4 Å². The van der Waals surface area contributed by atoms with E-state index in [0.29, 0.717) is 0 Å². The molecule has 0 aromatic carbocycles. The van der Waals surface area contributed by atoms with Crippen LogP contribution in [-0.2, 0) is 13.0 Å². The van der Waals surface area contributed by atoms with E-state index in [0.717, 1.165) is 84.8 Å². The molecule has 1 saturated heterocycles. The number of piperazine rings is 1. The minimum atomic E-state index is 0.940. The van der Waals surface area contributed by atoms with Gasteiger partial charge in [0.2, 0.25) is 0 Å². The number of pyridine rings is 2. The van der Waals surface area contributed by atoms with Crippen LogP contribution in [-0.4, -0.2) is 68.1 Å². The maximum atomic E-state index is 4.68. The van der Waals surface area contributed by atoms with E-state index >= 15 is 0 Å². The lowest BCUT2D eigenvalue weighted by Crippen LogP contribution is -2.44. The molecule has 152 valence electrons. The molecule has 0 radical (unpaired) electrons. The van der Waals surface area contributed by atoms with E-state index < -0.39 is 0 Å². The van der Waals surface area contributed by atoms with E-state index in [1.54, 1.807) is 0 Å². The first-order valence-electron chi connectivity index (χ1n) is 10.6. The first-order valence-corrected chi connectivity index (χ1v) is 10.6. The van der Waals surface area contributed by atoms with Gasteiger partial charge in [0.1, 0.15) is 11.5 Å². The molecular formula is C22H24N8. The number of nitrogens with one attached hydrogen (secondary N) is 1. The molecule has 1 N–H and O–H groups in total. The number of H-pyrrole nitrogens is 1. The minimum absolute atomic E-state index is 0.940. The van der Waals surface area contributed by atoms with Crippen LogP contribution in [0.15, 0.2) is 36.8 Å². The second kappa shape index (κ2) is 6.91. The summed E-state index contributed by atoms with van der Waals surface area (Å²) in [6, 6.07) is 6.33. The summed E-state index contributed by atoms with van der Waals surface area (Å²) in [5.74, 6) is 1.01. The van der Waals surface area contributed by atoms with Crippen molar-refractivity contribution in [3.05, 3.63) is 42.5 Å². The van der Waals surface area contributed by atoms with E-state index in [4.69, 9.17) is 0 Å². The van der Waals surface area contributed by atoms with Gasteiger partial charge in [-0.1, -0.05) is 0 Å². The molecule has 8 heteroatoms. The second-order valence-corrected chi connectivity index (χ2v) is 8.21. The number of aromatic amines is 1. The van der Waals surface area contributed by atoms with Gasteiger partial charge in [0.25, 0.3) is 0 Å². The van der Waals surface area contributed by atoms with Crippen molar-refractivity contribution in [1.82, 2.24) is 34.8 Å². The Hall–Kier alpha value is -3.26. The Bertz CT molecular complexity index is 1220. The van der Waals surface area contributed by atoms with Crippen molar-refractivity contribution in [2.24, 2.45) is 0 Å². The molecule has 0 aliphatic carbocycles. The molecular weight excluding hydrogens is 376 g/mol. The van der Waals surface area contributed by atoms with Gasteiger partial charge in [-0.05, 0) is 38.1 Å². The molecule has 4 aromatic rings. The Balaban J connectivity index is 1.39. The smallest absolute Gasteiger partial charge is 0.129 e. The van der Waals surface area contributed by atoms with E-state index in [2.05, 4.69) is 58.9 Å². The van der Waals surface area contributed by atoms with Gasteiger partial charge < -0.3 is 9.80 Å². The molecule has 2 aliphatic heterocycles. The summed E-state index contributed by atoms with van der Waals surface area (Å²) < 4.78 is 2.10. The standard InChI is InChI=1S/C22H24N8/c1-28-7-9-29(10-8-28)21-11-15(4-5-23-21)22-16-12-18(24-14-19(16)26-27-22)17-13-25-30-6-2-3-20(17)30/h4-5,11-14H,2-3,6-10H2,1H3,(H,26,27). The first kappa shape index (κ1) is 17.6. The van der Waals surface area contributed by atoms with Crippen LogP contribution in [0.4, 0.5) is 5.82 Å². The fraction of sp³-hybridized carbons (Fsp3) is 0.364. The highest BCUT2D eigenvalue weighted by molar-refractivity contribution is 5.94. The number of nitrogens with zero attached hydrogens (tertiary/aromatic N) is 7. The zero-order valence-electron chi connectivity index (χ0n) is 17.0. The zero-order valence-corrected chi connectivity index (χ0v) is 17.0. The lowest BCUT2D eigenvalue weighted by molar-refractivity contribution is 0.312. The number of hydrogen-bond acceptors (Lipinski definition) is 6.